The third-order valence-corrected chi connectivity index (χ3v) is 5.55. The van der Waals surface area contributed by atoms with Crippen LogP contribution in [-0.2, 0) is 25.5 Å². The lowest BCUT2D eigenvalue weighted by atomic mass is 9.78. The molecule has 0 aliphatic heterocycles. The predicted molar refractivity (Wildman–Crippen MR) is 127 cm³/mol. The average Bonchev–Trinajstić information content (AvgIpc) is 2.68. The van der Waals surface area contributed by atoms with Gasteiger partial charge in [0.2, 0.25) is 11.8 Å². The van der Waals surface area contributed by atoms with Gasteiger partial charge in [-0.25, -0.2) is 4.79 Å². The second-order valence-electron chi connectivity index (χ2n) is 10.4. The van der Waals surface area contributed by atoms with Crippen molar-refractivity contribution in [2.75, 3.05) is 6.61 Å². The van der Waals surface area contributed by atoms with Crippen molar-refractivity contribution in [3.8, 4) is 0 Å². The van der Waals surface area contributed by atoms with Crippen LogP contribution < -0.4 is 16.4 Å². The van der Waals surface area contributed by atoms with Gasteiger partial charge in [-0.05, 0) is 35.7 Å². The van der Waals surface area contributed by atoms with E-state index in [0.717, 1.165) is 5.56 Å². The first kappa shape index (κ1) is 27.6. The number of nitrogens with one attached hydrogen (secondary N) is 2. The molecule has 32 heavy (non-hydrogen) atoms. The van der Waals surface area contributed by atoms with E-state index >= 15 is 0 Å². The SMILES string of the molecule is CCOC(=O)[C@@H](NC(=O)[C@@H](NC(=O)[C@@H](N)C(C)(C)Cc1ccccc1)C(C)(C)C)C(C)C. The first-order valence-corrected chi connectivity index (χ1v) is 11.3. The summed E-state index contributed by atoms with van der Waals surface area (Å²) in [6.45, 7) is 15.0. The van der Waals surface area contributed by atoms with Crippen LogP contribution >= 0.6 is 0 Å². The molecule has 1 aromatic carbocycles. The van der Waals surface area contributed by atoms with Crippen LogP contribution in [0.25, 0.3) is 0 Å². The zero-order valence-corrected chi connectivity index (χ0v) is 20.8. The minimum absolute atomic E-state index is 0.165. The van der Waals surface area contributed by atoms with Crippen molar-refractivity contribution in [3.63, 3.8) is 0 Å². The lowest BCUT2D eigenvalue weighted by molar-refractivity contribution is -0.149. The standard InChI is InChI=1S/C25H41N3O4/c1-9-32-23(31)18(16(2)3)27-22(30)20(24(4,5)6)28-21(29)19(26)25(7,8)15-17-13-11-10-12-14-17/h10-14,16,18-20H,9,15,26H2,1-8H3,(H,27,30)(H,28,29)/t18-,19+,20+/m0/s1. The van der Waals surface area contributed by atoms with E-state index in [1.165, 1.54) is 0 Å². The number of esters is 1. The first-order valence-electron chi connectivity index (χ1n) is 11.3. The molecule has 4 N–H and O–H groups in total. The van der Waals surface area contributed by atoms with Gasteiger partial charge in [-0.15, -0.1) is 0 Å². The fraction of sp³-hybridized carbons (Fsp3) is 0.640. The van der Waals surface area contributed by atoms with Crippen LogP contribution in [0.15, 0.2) is 30.3 Å². The monoisotopic (exact) mass is 447 g/mol. The summed E-state index contributed by atoms with van der Waals surface area (Å²) in [6, 6.07) is 7.34. The highest BCUT2D eigenvalue weighted by molar-refractivity contribution is 5.92. The lowest BCUT2D eigenvalue weighted by Crippen LogP contribution is -2.61. The fourth-order valence-corrected chi connectivity index (χ4v) is 3.46. The molecule has 0 aliphatic carbocycles. The number of rotatable bonds is 10. The molecule has 0 radical (unpaired) electrons. The van der Waals surface area contributed by atoms with Crippen molar-refractivity contribution < 1.29 is 19.1 Å². The molecule has 0 aromatic heterocycles. The number of nitrogens with two attached hydrogens (primary N) is 1. The van der Waals surface area contributed by atoms with Gasteiger partial charge in [0.25, 0.3) is 0 Å². The van der Waals surface area contributed by atoms with Crippen LogP contribution in [0.4, 0.5) is 0 Å². The number of amides is 2. The number of ether oxygens (including phenoxy) is 1. The minimum atomic E-state index is -0.871. The molecule has 7 nitrogen and oxygen atoms in total. The normalized spacial score (nSPS) is 14.9. The molecular weight excluding hydrogens is 406 g/mol. The molecule has 2 amide bonds. The highest BCUT2D eigenvalue weighted by Crippen LogP contribution is 2.26. The third kappa shape index (κ3) is 7.93. The molecule has 0 saturated carbocycles. The number of carbonyl (C=O) groups is 3. The van der Waals surface area contributed by atoms with Gasteiger partial charge in [-0.1, -0.05) is 78.8 Å². The minimum Gasteiger partial charge on any atom is -0.464 e. The van der Waals surface area contributed by atoms with Crippen LogP contribution in [-0.4, -0.2) is 42.5 Å². The topological polar surface area (TPSA) is 111 Å². The highest BCUT2D eigenvalue weighted by Gasteiger charge is 2.39. The van der Waals surface area contributed by atoms with Crippen LogP contribution in [0.5, 0.6) is 0 Å². The Hall–Kier alpha value is -2.41. The van der Waals surface area contributed by atoms with Crippen molar-refractivity contribution in [1.82, 2.24) is 10.6 Å². The van der Waals surface area contributed by atoms with E-state index in [2.05, 4.69) is 10.6 Å². The second-order valence-corrected chi connectivity index (χ2v) is 10.4. The smallest absolute Gasteiger partial charge is 0.328 e. The third-order valence-electron chi connectivity index (χ3n) is 5.55. The summed E-state index contributed by atoms with van der Waals surface area (Å²) >= 11 is 0. The quantitative estimate of drug-likeness (QED) is 0.478. The van der Waals surface area contributed by atoms with Gasteiger partial charge in [0.05, 0.1) is 12.6 Å². The molecule has 0 bridgehead atoms. The van der Waals surface area contributed by atoms with Crippen molar-refractivity contribution in [1.29, 1.82) is 0 Å². The summed E-state index contributed by atoms with van der Waals surface area (Å²) in [4.78, 5) is 38.5. The summed E-state index contributed by atoms with van der Waals surface area (Å²) in [5, 5.41) is 5.60. The summed E-state index contributed by atoms with van der Waals surface area (Å²) in [7, 11) is 0. The van der Waals surface area contributed by atoms with E-state index in [9.17, 15) is 14.4 Å². The molecule has 0 unspecified atom stereocenters. The summed E-state index contributed by atoms with van der Waals surface area (Å²) in [5.74, 6) is -1.50. The van der Waals surface area contributed by atoms with Crippen molar-refractivity contribution in [2.24, 2.45) is 22.5 Å². The van der Waals surface area contributed by atoms with Crippen molar-refractivity contribution >= 4 is 17.8 Å². The molecule has 1 rings (SSSR count). The van der Waals surface area contributed by atoms with Crippen LogP contribution in [0.1, 0.15) is 61.0 Å². The number of hydrogen-bond acceptors (Lipinski definition) is 5. The van der Waals surface area contributed by atoms with Gasteiger partial charge >= 0.3 is 5.97 Å². The molecule has 0 heterocycles. The maximum Gasteiger partial charge on any atom is 0.328 e. The summed E-state index contributed by atoms with van der Waals surface area (Å²) < 4.78 is 5.09. The summed E-state index contributed by atoms with van der Waals surface area (Å²) in [6.07, 6.45) is 0.618. The van der Waals surface area contributed by atoms with Gasteiger partial charge < -0.3 is 21.1 Å². The Bertz CT molecular complexity index is 769. The van der Waals surface area contributed by atoms with E-state index in [0.29, 0.717) is 6.42 Å². The zero-order chi connectivity index (χ0) is 24.7. The fourth-order valence-electron chi connectivity index (χ4n) is 3.46. The van der Waals surface area contributed by atoms with Gasteiger partial charge in [-0.2, -0.15) is 0 Å². The van der Waals surface area contributed by atoms with E-state index in [1.54, 1.807) is 6.92 Å². The second kappa shape index (κ2) is 11.5. The Morgan fingerprint density at radius 2 is 1.53 bits per heavy atom. The van der Waals surface area contributed by atoms with Crippen molar-refractivity contribution in [3.05, 3.63) is 35.9 Å². The van der Waals surface area contributed by atoms with Gasteiger partial charge in [0, 0.05) is 0 Å². The van der Waals surface area contributed by atoms with E-state index in [-0.39, 0.29) is 12.5 Å². The largest absolute Gasteiger partial charge is 0.464 e. The zero-order valence-electron chi connectivity index (χ0n) is 20.8. The van der Waals surface area contributed by atoms with E-state index in [4.69, 9.17) is 10.5 Å². The number of carbonyl (C=O) groups excluding carboxylic acids is 3. The highest BCUT2D eigenvalue weighted by atomic mass is 16.5. The molecule has 0 saturated heterocycles. The van der Waals surface area contributed by atoms with Crippen LogP contribution in [0.2, 0.25) is 0 Å². The van der Waals surface area contributed by atoms with E-state index in [1.807, 2.05) is 78.8 Å². The van der Waals surface area contributed by atoms with Gasteiger partial charge in [0.15, 0.2) is 0 Å². The molecule has 0 fully saturated rings. The first-order chi connectivity index (χ1) is 14.7. The number of benzene rings is 1. The molecular formula is C25H41N3O4. The Morgan fingerprint density at radius 1 is 0.969 bits per heavy atom. The predicted octanol–water partition coefficient (Wildman–Crippen LogP) is 2.82. The molecule has 1 aromatic rings. The van der Waals surface area contributed by atoms with Crippen LogP contribution in [0, 0.1) is 16.7 Å². The summed E-state index contributed by atoms with van der Waals surface area (Å²) in [5.41, 5.74) is 6.31. The lowest BCUT2D eigenvalue weighted by Gasteiger charge is -2.36. The Morgan fingerprint density at radius 3 is 2.00 bits per heavy atom. The Labute approximate surface area is 192 Å². The molecule has 0 aliphatic rings. The molecule has 0 spiro atoms. The Kier molecular flexibility index (Phi) is 9.89. The van der Waals surface area contributed by atoms with Gasteiger partial charge in [-0.3, -0.25) is 9.59 Å². The maximum absolute atomic E-state index is 13.1. The van der Waals surface area contributed by atoms with Gasteiger partial charge in [0.1, 0.15) is 12.1 Å². The number of hydrogen-bond donors (Lipinski definition) is 3. The average molecular weight is 448 g/mol. The maximum atomic E-state index is 13.1. The van der Waals surface area contributed by atoms with Crippen molar-refractivity contribution in [2.45, 2.75) is 79.9 Å². The van der Waals surface area contributed by atoms with Crippen LogP contribution in [0.3, 0.4) is 0 Å². The molecule has 3 atom stereocenters. The molecule has 7 heteroatoms. The Balaban J connectivity index is 2.99. The van der Waals surface area contributed by atoms with E-state index < -0.39 is 46.7 Å². The molecule has 180 valence electrons.